The van der Waals surface area contributed by atoms with E-state index in [2.05, 4.69) is 0 Å². The first-order valence-electron chi connectivity index (χ1n) is 8.87. The zero-order valence-electron chi connectivity index (χ0n) is 15.3. The van der Waals surface area contributed by atoms with E-state index >= 15 is 0 Å². The van der Waals surface area contributed by atoms with Gasteiger partial charge in [0.05, 0.1) is 37.9 Å². The van der Waals surface area contributed by atoms with Crippen molar-refractivity contribution in [3.8, 4) is 0 Å². The molecule has 2 fully saturated rings. The van der Waals surface area contributed by atoms with Crippen LogP contribution in [0, 0.1) is 11.8 Å². The first-order chi connectivity index (χ1) is 13.3. The molecule has 3 heterocycles. The number of rotatable bonds is 4. The molecular weight excluding hydrogens is 380 g/mol. The second kappa shape index (κ2) is 8.31. The molecule has 3 rings (SSSR count). The van der Waals surface area contributed by atoms with Gasteiger partial charge in [-0.25, -0.2) is 4.79 Å². The first-order valence-corrected chi connectivity index (χ1v) is 8.87. The van der Waals surface area contributed by atoms with E-state index in [0.717, 1.165) is 6.26 Å². The molecule has 0 aliphatic carbocycles. The zero-order chi connectivity index (χ0) is 20.6. The second-order valence-electron chi connectivity index (χ2n) is 6.99. The summed E-state index contributed by atoms with van der Waals surface area (Å²) in [5.41, 5.74) is 0.157. The van der Waals surface area contributed by atoms with E-state index in [0.29, 0.717) is 0 Å². The summed E-state index contributed by atoms with van der Waals surface area (Å²) in [6, 6.07) is 0. The number of hydrogen-bond acceptors (Lipinski definition) is 11. The number of esters is 2. The Bertz CT molecular complexity index is 633. The summed E-state index contributed by atoms with van der Waals surface area (Å²) in [6.07, 6.45) is -8.08. The lowest BCUT2D eigenvalue weighted by atomic mass is 9.77. The molecule has 0 aromatic heterocycles. The van der Waals surface area contributed by atoms with Gasteiger partial charge in [0.2, 0.25) is 6.29 Å². The summed E-state index contributed by atoms with van der Waals surface area (Å²) < 4.78 is 26.5. The molecule has 4 N–H and O–H groups in total. The van der Waals surface area contributed by atoms with Gasteiger partial charge in [0.25, 0.3) is 0 Å². The van der Waals surface area contributed by atoms with Crippen LogP contribution in [-0.2, 0) is 33.3 Å². The summed E-state index contributed by atoms with van der Waals surface area (Å²) in [7, 11) is 1.21. The number of carbonyl (C=O) groups is 2. The van der Waals surface area contributed by atoms with Gasteiger partial charge in [0.1, 0.15) is 30.5 Å². The van der Waals surface area contributed by atoms with E-state index in [-0.39, 0.29) is 12.0 Å². The van der Waals surface area contributed by atoms with Gasteiger partial charge < -0.3 is 44.1 Å². The van der Waals surface area contributed by atoms with Crippen molar-refractivity contribution < 1.29 is 53.7 Å². The molecular formula is C17H24O11. The van der Waals surface area contributed by atoms with Crippen molar-refractivity contribution in [2.45, 2.75) is 56.4 Å². The fourth-order valence-electron chi connectivity index (χ4n) is 3.78. The van der Waals surface area contributed by atoms with Crippen LogP contribution in [-0.4, -0.2) is 89.2 Å². The third-order valence-corrected chi connectivity index (χ3v) is 5.29. The summed E-state index contributed by atoms with van der Waals surface area (Å²) in [5.74, 6) is -2.36. The van der Waals surface area contributed by atoms with Crippen molar-refractivity contribution >= 4 is 11.9 Å². The molecule has 0 aromatic rings. The lowest BCUT2D eigenvalue weighted by molar-refractivity contribution is -0.346. The molecule has 3 aliphatic rings. The molecule has 0 aromatic carbocycles. The molecule has 0 bridgehead atoms. The molecule has 0 spiro atoms. The molecule has 0 amide bonds. The topological polar surface area (TPSA) is 161 Å². The molecule has 11 nitrogen and oxygen atoms in total. The summed E-state index contributed by atoms with van der Waals surface area (Å²) in [5, 5.41) is 39.2. The minimum atomic E-state index is -1.62. The van der Waals surface area contributed by atoms with E-state index < -0.39 is 73.5 Å². The number of fused-ring (bicyclic) bond motifs is 1. The van der Waals surface area contributed by atoms with Crippen LogP contribution in [0.4, 0.5) is 0 Å². The monoisotopic (exact) mass is 404 g/mol. The Balaban J connectivity index is 1.82. The lowest BCUT2D eigenvalue weighted by Gasteiger charge is -2.45. The van der Waals surface area contributed by atoms with Crippen LogP contribution in [0.15, 0.2) is 11.8 Å². The van der Waals surface area contributed by atoms with E-state index in [9.17, 15) is 30.0 Å². The zero-order valence-corrected chi connectivity index (χ0v) is 15.3. The van der Waals surface area contributed by atoms with Crippen LogP contribution in [0.25, 0.3) is 0 Å². The molecule has 0 unspecified atom stereocenters. The van der Waals surface area contributed by atoms with Crippen LogP contribution < -0.4 is 0 Å². The van der Waals surface area contributed by atoms with E-state index in [1.807, 2.05) is 0 Å². The van der Waals surface area contributed by atoms with Gasteiger partial charge in [0.15, 0.2) is 6.29 Å². The average Bonchev–Trinajstić information content (AvgIpc) is 2.67. The predicted molar refractivity (Wildman–Crippen MR) is 87.0 cm³/mol. The van der Waals surface area contributed by atoms with Crippen LogP contribution >= 0.6 is 0 Å². The quantitative estimate of drug-likeness (QED) is 0.376. The van der Waals surface area contributed by atoms with Crippen molar-refractivity contribution in [2.75, 3.05) is 13.7 Å². The van der Waals surface area contributed by atoms with Crippen LogP contribution in [0.1, 0.15) is 13.3 Å². The Morgan fingerprint density at radius 1 is 1.21 bits per heavy atom. The number of aliphatic hydroxyl groups is 4. The molecule has 158 valence electrons. The smallest absolute Gasteiger partial charge is 0.337 e. The van der Waals surface area contributed by atoms with Gasteiger partial charge in [0, 0.05) is 5.92 Å². The number of hydrogen-bond donors (Lipinski definition) is 4. The number of aliphatic hydroxyl groups excluding tert-OH is 4. The van der Waals surface area contributed by atoms with Crippen molar-refractivity contribution in [1.82, 2.24) is 0 Å². The van der Waals surface area contributed by atoms with Crippen LogP contribution in [0.2, 0.25) is 0 Å². The third kappa shape index (κ3) is 3.73. The SMILES string of the molecule is COC(=O)C1=CO[C@@H](O[C@H]2O[C@@H](CO)[C@H](O)[C@@H](O)[C@@H]2O)[C@@H]2[C@H](C)OC(=O)C[C@H]12. The highest BCUT2D eigenvalue weighted by Gasteiger charge is 2.51. The highest BCUT2D eigenvalue weighted by Crippen LogP contribution is 2.41. The first kappa shape index (κ1) is 21.0. The maximum absolute atomic E-state index is 12.0. The molecule has 3 aliphatic heterocycles. The minimum Gasteiger partial charge on any atom is -0.471 e. The minimum absolute atomic E-state index is 0.0894. The number of ether oxygens (including phenoxy) is 5. The van der Waals surface area contributed by atoms with E-state index in [1.54, 1.807) is 6.92 Å². The molecule has 11 heteroatoms. The number of carbonyl (C=O) groups excluding carboxylic acids is 2. The fraction of sp³-hybridized carbons (Fsp3) is 0.765. The maximum Gasteiger partial charge on any atom is 0.337 e. The molecule has 9 atom stereocenters. The Hall–Kier alpha value is -1.76. The fourth-order valence-corrected chi connectivity index (χ4v) is 3.78. The van der Waals surface area contributed by atoms with Gasteiger partial charge in [-0.1, -0.05) is 0 Å². The maximum atomic E-state index is 12.0. The van der Waals surface area contributed by atoms with Crippen molar-refractivity contribution in [1.29, 1.82) is 0 Å². The summed E-state index contributed by atoms with van der Waals surface area (Å²) in [6.45, 7) is 1.00. The highest BCUT2D eigenvalue weighted by molar-refractivity contribution is 5.90. The Labute approximate surface area is 160 Å². The van der Waals surface area contributed by atoms with Gasteiger partial charge in [-0.3, -0.25) is 4.79 Å². The summed E-state index contributed by atoms with van der Waals surface area (Å²) >= 11 is 0. The van der Waals surface area contributed by atoms with Gasteiger partial charge in [-0.2, -0.15) is 0 Å². The Morgan fingerprint density at radius 3 is 2.57 bits per heavy atom. The lowest BCUT2D eigenvalue weighted by Crippen LogP contribution is -2.61. The number of cyclic esters (lactones) is 1. The molecule has 0 radical (unpaired) electrons. The van der Waals surface area contributed by atoms with Crippen molar-refractivity contribution in [3.63, 3.8) is 0 Å². The van der Waals surface area contributed by atoms with Gasteiger partial charge >= 0.3 is 11.9 Å². The normalized spacial score (nSPS) is 43.3. The standard InChI is InChI=1S/C17H24O11/c1-6-11-7(3-10(19)26-6)8(15(23)24-2)5-25-16(11)28-17-14(22)13(21)12(20)9(4-18)27-17/h5-7,9,11-14,16-18,20-22H,3-4H2,1-2H3/t6-,7+,9-,11+,12-,13+,14-,16-,17+/m0/s1. The predicted octanol–water partition coefficient (Wildman–Crippen LogP) is -2.22. The van der Waals surface area contributed by atoms with E-state index in [4.69, 9.17) is 23.7 Å². The van der Waals surface area contributed by atoms with Crippen molar-refractivity contribution in [2.24, 2.45) is 11.8 Å². The van der Waals surface area contributed by atoms with Gasteiger partial charge in [-0.15, -0.1) is 0 Å². The van der Waals surface area contributed by atoms with Crippen LogP contribution in [0.5, 0.6) is 0 Å². The number of methoxy groups -OCH3 is 1. The molecule has 28 heavy (non-hydrogen) atoms. The van der Waals surface area contributed by atoms with Crippen LogP contribution in [0.3, 0.4) is 0 Å². The highest BCUT2D eigenvalue weighted by atomic mass is 16.8. The van der Waals surface area contributed by atoms with Gasteiger partial charge in [-0.05, 0) is 6.92 Å². The Kier molecular flexibility index (Phi) is 6.22. The Morgan fingerprint density at radius 2 is 1.93 bits per heavy atom. The molecule has 2 saturated heterocycles. The average molecular weight is 404 g/mol. The second-order valence-corrected chi connectivity index (χ2v) is 6.99. The third-order valence-electron chi connectivity index (χ3n) is 5.29. The largest absolute Gasteiger partial charge is 0.471 e. The van der Waals surface area contributed by atoms with Crippen molar-refractivity contribution in [3.05, 3.63) is 11.8 Å². The summed E-state index contributed by atoms with van der Waals surface area (Å²) in [4.78, 5) is 23.9. The molecule has 0 saturated carbocycles. The van der Waals surface area contributed by atoms with E-state index in [1.165, 1.54) is 7.11 Å².